The van der Waals surface area contributed by atoms with Crippen LogP contribution < -0.4 is 14.2 Å². The van der Waals surface area contributed by atoms with Gasteiger partial charge in [-0.2, -0.15) is 0 Å². The normalized spacial score (nSPS) is 15.8. The molecule has 0 saturated carbocycles. The first-order valence-electron chi connectivity index (χ1n) is 7.57. The van der Waals surface area contributed by atoms with E-state index in [1.165, 1.54) is 19.9 Å². The van der Waals surface area contributed by atoms with Crippen LogP contribution in [0.25, 0.3) is 0 Å². The van der Waals surface area contributed by atoms with Gasteiger partial charge in [-0.25, -0.2) is 17.5 Å². The van der Waals surface area contributed by atoms with Crippen molar-refractivity contribution in [1.29, 1.82) is 0 Å². The molecule has 0 aromatic heterocycles. The van der Waals surface area contributed by atoms with Gasteiger partial charge in [-0.1, -0.05) is 6.07 Å². The lowest BCUT2D eigenvalue weighted by Gasteiger charge is -2.24. The molecule has 0 bridgehead atoms. The fraction of sp³-hybridized carbons (Fsp3) is 0.294. The molecule has 134 valence electrons. The predicted octanol–water partition coefficient (Wildman–Crippen LogP) is 2.05. The molecule has 3 rings (SSSR count). The Morgan fingerprint density at radius 3 is 2.64 bits per heavy atom. The fourth-order valence-electron chi connectivity index (χ4n) is 2.56. The molecule has 1 heterocycles. The third kappa shape index (κ3) is 3.60. The Morgan fingerprint density at radius 1 is 1.20 bits per heavy atom. The second kappa shape index (κ2) is 6.29. The van der Waals surface area contributed by atoms with E-state index in [1.807, 2.05) is 0 Å². The van der Waals surface area contributed by atoms with Crippen LogP contribution in [0.1, 0.15) is 18.1 Å². The SMILES string of the molecule is Cc1cc(F)ccc1S(=O)(=O)NC[C@@](C)(O)c1ccc2c(c1)OCO2. The number of sulfonamides is 1. The van der Waals surface area contributed by atoms with Gasteiger partial charge < -0.3 is 14.6 Å². The van der Waals surface area contributed by atoms with Gasteiger partial charge in [-0.3, -0.25) is 0 Å². The minimum atomic E-state index is -3.89. The Hall–Kier alpha value is -2.16. The Bertz CT molecular complexity index is 911. The number of halogens is 1. The van der Waals surface area contributed by atoms with Crippen molar-refractivity contribution in [2.45, 2.75) is 24.3 Å². The second-order valence-electron chi connectivity index (χ2n) is 6.08. The zero-order valence-electron chi connectivity index (χ0n) is 13.7. The summed E-state index contributed by atoms with van der Waals surface area (Å²) in [5.74, 6) is 0.556. The molecule has 1 aliphatic rings. The predicted molar refractivity (Wildman–Crippen MR) is 88.5 cm³/mol. The van der Waals surface area contributed by atoms with Crippen molar-refractivity contribution in [2.24, 2.45) is 0 Å². The highest BCUT2D eigenvalue weighted by atomic mass is 32.2. The maximum atomic E-state index is 13.2. The number of rotatable bonds is 5. The molecule has 2 aromatic carbocycles. The summed E-state index contributed by atoms with van der Waals surface area (Å²) in [6.45, 7) is 2.85. The maximum Gasteiger partial charge on any atom is 0.240 e. The maximum absolute atomic E-state index is 13.2. The van der Waals surface area contributed by atoms with Gasteiger partial charge >= 0.3 is 0 Å². The van der Waals surface area contributed by atoms with Crippen molar-refractivity contribution in [3.8, 4) is 11.5 Å². The molecule has 1 aliphatic heterocycles. The van der Waals surface area contributed by atoms with Crippen LogP contribution in [0.3, 0.4) is 0 Å². The molecule has 2 N–H and O–H groups in total. The van der Waals surface area contributed by atoms with Crippen LogP contribution in [0.15, 0.2) is 41.3 Å². The van der Waals surface area contributed by atoms with E-state index in [-0.39, 0.29) is 23.8 Å². The van der Waals surface area contributed by atoms with Crippen LogP contribution >= 0.6 is 0 Å². The van der Waals surface area contributed by atoms with Crippen LogP contribution in [0.2, 0.25) is 0 Å². The molecule has 0 fully saturated rings. The first-order chi connectivity index (χ1) is 11.7. The Labute approximate surface area is 145 Å². The molecule has 0 aliphatic carbocycles. The molecule has 0 spiro atoms. The van der Waals surface area contributed by atoms with Gasteiger partial charge in [0.2, 0.25) is 16.8 Å². The summed E-state index contributed by atoms with van der Waals surface area (Å²) in [5, 5.41) is 10.7. The molecule has 25 heavy (non-hydrogen) atoms. The lowest BCUT2D eigenvalue weighted by molar-refractivity contribution is 0.0625. The lowest BCUT2D eigenvalue weighted by atomic mass is 9.96. The number of aliphatic hydroxyl groups is 1. The van der Waals surface area contributed by atoms with E-state index in [1.54, 1.807) is 18.2 Å². The molecular weight excluding hydrogens is 349 g/mol. The quantitative estimate of drug-likeness (QED) is 0.845. The standard InChI is InChI=1S/C17H18FNO5S/c1-11-7-13(18)4-6-16(11)25(21,22)19-9-17(2,20)12-3-5-14-15(8-12)24-10-23-14/h3-8,19-20H,9-10H2,1-2H3/t17-/m1/s1. The summed E-state index contributed by atoms with van der Waals surface area (Å²) in [6.07, 6.45) is 0. The van der Waals surface area contributed by atoms with Gasteiger partial charge in [-0.05, 0) is 55.3 Å². The van der Waals surface area contributed by atoms with Crippen molar-refractivity contribution in [3.05, 3.63) is 53.3 Å². The number of aryl methyl sites for hydroxylation is 1. The average Bonchev–Trinajstić information content (AvgIpc) is 3.00. The van der Waals surface area contributed by atoms with E-state index in [0.29, 0.717) is 17.1 Å². The minimum Gasteiger partial charge on any atom is -0.454 e. The minimum absolute atomic E-state index is 0.0320. The summed E-state index contributed by atoms with van der Waals surface area (Å²) < 4.78 is 50.9. The third-order valence-electron chi connectivity index (χ3n) is 4.03. The van der Waals surface area contributed by atoms with Crippen LogP contribution in [0, 0.1) is 12.7 Å². The zero-order valence-corrected chi connectivity index (χ0v) is 14.6. The van der Waals surface area contributed by atoms with E-state index in [2.05, 4.69) is 4.72 Å². The summed E-state index contributed by atoms with van der Waals surface area (Å²) in [5.41, 5.74) is -0.701. The Balaban J connectivity index is 1.79. The summed E-state index contributed by atoms with van der Waals surface area (Å²) in [6, 6.07) is 8.33. The van der Waals surface area contributed by atoms with Crippen molar-refractivity contribution in [3.63, 3.8) is 0 Å². The number of fused-ring (bicyclic) bond motifs is 1. The fourth-order valence-corrected chi connectivity index (χ4v) is 3.92. The van der Waals surface area contributed by atoms with Crippen LogP contribution in [-0.4, -0.2) is 26.9 Å². The van der Waals surface area contributed by atoms with Gasteiger partial charge in [0, 0.05) is 6.54 Å². The molecule has 0 unspecified atom stereocenters. The highest BCUT2D eigenvalue weighted by Gasteiger charge is 2.29. The number of nitrogens with one attached hydrogen (secondary N) is 1. The monoisotopic (exact) mass is 367 g/mol. The Kier molecular flexibility index (Phi) is 4.44. The topological polar surface area (TPSA) is 84.9 Å². The zero-order chi connectivity index (χ0) is 18.2. The van der Waals surface area contributed by atoms with Gasteiger partial charge in [0.25, 0.3) is 0 Å². The van der Waals surface area contributed by atoms with Gasteiger partial charge in [0.1, 0.15) is 11.4 Å². The highest BCUT2D eigenvalue weighted by molar-refractivity contribution is 7.89. The van der Waals surface area contributed by atoms with Crippen molar-refractivity contribution in [1.82, 2.24) is 4.72 Å². The highest BCUT2D eigenvalue weighted by Crippen LogP contribution is 2.35. The van der Waals surface area contributed by atoms with Crippen molar-refractivity contribution >= 4 is 10.0 Å². The number of hydrogen-bond acceptors (Lipinski definition) is 5. The molecule has 6 nitrogen and oxygen atoms in total. The largest absolute Gasteiger partial charge is 0.454 e. The summed E-state index contributed by atoms with van der Waals surface area (Å²) >= 11 is 0. The number of hydrogen-bond donors (Lipinski definition) is 2. The van der Waals surface area contributed by atoms with E-state index < -0.39 is 21.4 Å². The van der Waals surface area contributed by atoms with Crippen LogP contribution in [-0.2, 0) is 15.6 Å². The summed E-state index contributed by atoms with van der Waals surface area (Å²) in [7, 11) is -3.89. The molecular formula is C17H18FNO5S. The van der Waals surface area contributed by atoms with Gasteiger partial charge in [-0.15, -0.1) is 0 Å². The smallest absolute Gasteiger partial charge is 0.240 e. The van der Waals surface area contributed by atoms with E-state index in [4.69, 9.17) is 9.47 Å². The molecule has 8 heteroatoms. The molecule has 2 aromatic rings. The lowest BCUT2D eigenvalue weighted by Crippen LogP contribution is -2.38. The van der Waals surface area contributed by atoms with E-state index in [0.717, 1.165) is 12.1 Å². The number of benzene rings is 2. The van der Waals surface area contributed by atoms with Crippen molar-refractivity contribution < 1.29 is 27.4 Å². The second-order valence-corrected chi connectivity index (χ2v) is 7.81. The van der Waals surface area contributed by atoms with Crippen molar-refractivity contribution in [2.75, 3.05) is 13.3 Å². The average molecular weight is 367 g/mol. The van der Waals surface area contributed by atoms with E-state index >= 15 is 0 Å². The van der Waals surface area contributed by atoms with Gasteiger partial charge in [0.05, 0.1) is 4.90 Å². The number of ether oxygens (including phenoxy) is 2. The molecule has 0 radical (unpaired) electrons. The van der Waals surface area contributed by atoms with E-state index in [9.17, 15) is 17.9 Å². The van der Waals surface area contributed by atoms with Crippen LogP contribution in [0.5, 0.6) is 11.5 Å². The first kappa shape index (κ1) is 17.7. The van der Waals surface area contributed by atoms with Gasteiger partial charge in [0.15, 0.2) is 11.5 Å². The Morgan fingerprint density at radius 2 is 1.92 bits per heavy atom. The molecule has 0 saturated heterocycles. The summed E-state index contributed by atoms with van der Waals surface area (Å²) in [4.78, 5) is -0.0320. The third-order valence-corrected chi connectivity index (χ3v) is 5.59. The molecule has 0 amide bonds. The molecule has 1 atom stereocenters. The van der Waals surface area contributed by atoms with Crippen LogP contribution in [0.4, 0.5) is 4.39 Å². The first-order valence-corrected chi connectivity index (χ1v) is 9.06.